The highest BCUT2D eigenvalue weighted by atomic mass is 16.6. The molecule has 10 atom stereocenters. The van der Waals surface area contributed by atoms with Crippen molar-refractivity contribution in [2.75, 3.05) is 6.61 Å². The fraction of sp³-hybridized carbons (Fsp3) is 0.900. The van der Waals surface area contributed by atoms with Crippen molar-refractivity contribution in [1.29, 1.82) is 0 Å². The second-order valence-electron chi connectivity index (χ2n) is 12.9. The molecule has 0 N–H and O–H groups in total. The number of hydrogen-bond acceptors (Lipinski definition) is 6. The van der Waals surface area contributed by atoms with Crippen molar-refractivity contribution in [3.8, 4) is 0 Å². The number of carbonyl (C=O) groups excluding carboxylic acids is 3. The van der Waals surface area contributed by atoms with Crippen LogP contribution in [0.25, 0.3) is 0 Å². The van der Waals surface area contributed by atoms with Gasteiger partial charge >= 0.3 is 17.9 Å². The van der Waals surface area contributed by atoms with Gasteiger partial charge in [0.2, 0.25) is 0 Å². The highest BCUT2D eigenvalue weighted by Gasteiger charge is 2.63. The third kappa shape index (κ3) is 5.07. The van der Waals surface area contributed by atoms with E-state index in [-0.39, 0.29) is 46.9 Å². The summed E-state index contributed by atoms with van der Waals surface area (Å²) in [6.45, 7) is 12.6. The van der Waals surface area contributed by atoms with Crippen LogP contribution in [0.2, 0.25) is 0 Å². The Bertz CT molecular complexity index is 839. The van der Waals surface area contributed by atoms with Crippen LogP contribution in [0.3, 0.4) is 0 Å². The molecule has 0 aromatic heterocycles. The van der Waals surface area contributed by atoms with Crippen molar-refractivity contribution in [1.82, 2.24) is 0 Å². The first-order valence-corrected chi connectivity index (χ1v) is 14.5. The van der Waals surface area contributed by atoms with Crippen LogP contribution in [0, 0.1) is 46.3 Å². The van der Waals surface area contributed by atoms with Gasteiger partial charge in [0.25, 0.3) is 0 Å². The summed E-state index contributed by atoms with van der Waals surface area (Å²) in [5.41, 5.74) is 0.378. The third-order valence-electron chi connectivity index (χ3n) is 11.1. The van der Waals surface area contributed by atoms with E-state index in [2.05, 4.69) is 20.8 Å². The first-order valence-electron chi connectivity index (χ1n) is 14.5. The molecule has 0 spiro atoms. The smallest absolute Gasteiger partial charge is 0.305 e. The maximum atomic E-state index is 12.2. The Labute approximate surface area is 217 Å². The summed E-state index contributed by atoms with van der Waals surface area (Å²) in [6, 6.07) is 0. The van der Waals surface area contributed by atoms with Crippen LogP contribution >= 0.6 is 0 Å². The molecule has 4 saturated carbocycles. The molecule has 4 aliphatic carbocycles. The SMILES string of the molecule is CCOC(=O)CCC(C)C1CCC2C3CC(OC(C)=O)C4CC(OC(C)=O)CCC4(C)C3CCC12C. The molecule has 0 aromatic carbocycles. The number of rotatable bonds is 7. The predicted molar refractivity (Wildman–Crippen MR) is 137 cm³/mol. The van der Waals surface area contributed by atoms with E-state index < -0.39 is 0 Å². The lowest BCUT2D eigenvalue weighted by atomic mass is 9.43. The minimum atomic E-state index is -0.219. The predicted octanol–water partition coefficient (Wildman–Crippen LogP) is 6.10. The summed E-state index contributed by atoms with van der Waals surface area (Å²) in [6.07, 6.45) is 9.80. The molecule has 0 heterocycles. The van der Waals surface area contributed by atoms with E-state index in [1.165, 1.54) is 39.5 Å². The van der Waals surface area contributed by atoms with Crippen LogP contribution in [0.5, 0.6) is 0 Å². The van der Waals surface area contributed by atoms with E-state index in [4.69, 9.17) is 14.2 Å². The molecule has 4 rings (SSSR count). The molecule has 6 nitrogen and oxygen atoms in total. The Morgan fingerprint density at radius 3 is 2.19 bits per heavy atom. The number of ether oxygens (including phenoxy) is 3. The average molecular weight is 505 g/mol. The maximum absolute atomic E-state index is 12.2. The van der Waals surface area contributed by atoms with Crippen LogP contribution in [0.15, 0.2) is 0 Å². The lowest BCUT2D eigenvalue weighted by molar-refractivity contribution is -0.197. The lowest BCUT2D eigenvalue weighted by Gasteiger charge is -2.62. The van der Waals surface area contributed by atoms with Crippen LogP contribution in [0.4, 0.5) is 0 Å². The van der Waals surface area contributed by atoms with Crippen molar-refractivity contribution in [3.63, 3.8) is 0 Å². The van der Waals surface area contributed by atoms with Crippen LogP contribution in [-0.4, -0.2) is 36.7 Å². The van der Waals surface area contributed by atoms with E-state index in [9.17, 15) is 14.4 Å². The Kier molecular flexibility index (Phi) is 8.12. The Hall–Kier alpha value is -1.59. The van der Waals surface area contributed by atoms with Crippen molar-refractivity contribution in [3.05, 3.63) is 0 Å². The molecule has 4 aliphatic rings. The molecular formula is C30H48O6. The fourth-order valence-corrected chi connectivity index (χ4v) is 9.67. The fourth-order valence-electron chi connectivity index (χ4n) is 9.67. The zero-order valence-corrected chi connectivity index (χ0v) is 23.3. The number of hydrogen-bond donors (Lipinski definition) is 0. The van der Waals surface area contributed by atoms with E-state index in [0.29, 0.717) is 42.6 Å². The average Bonchev–Trinajstić information content (AvgIpc) is 3.15. The van der Waals surface area contributed by atoms with Crippen LogP contribution in [0.1, 0.15) is 106 Å². The van der Waals surface area contributed by atoms with Crippen molar-refractivity contribution < 1.29 is 28.6 Å². The van der Waals surface area contributed by atoms with Crippen molar-refractivity contribution >= 4 is 17.9 Å². The molecule has 204 valence electrons. The summed E-state index contributed by atoms with van der Waals surface area (Å²) in [7, 11) is 0. The van der Waals surface area contributed by atoms with E-state index >= 15 is 0 Å². The summed E-state index contributed by atoms with van der Waals surface area (Å²) in [5, 5.41) is 0. The topological polar surface area (TPSA) is 78.9 Å². The van der Waals surface area contributed by atoms with Gasteiger partial charge in [-0.05, 0) is 105 Å². The van der Waals surface area contributed by atoms with E-state index in [1.54, 1.807) is 0 Å². The summed E-state index contributed by atoms with van der Waals surface area (Å²) < 4.78 is 16.9. The molecule has 10 unspecified atom stereocenters. The third-order valence-corrected chi connectivity index (χ3v) is 11.1. The Morgan fingerprint density at radius 1 is 0.861 bits per heavy atom. The van der Waals surface area contributed by atoms with Gasteiger partial charge in [0.15, 0.2) is 0 Å². The van der Waals surface area contributed by atoms with E-state index in [0.717, 1.165) is 32.1 Å². The number of carbonyl (C=O) groups is 3. The molecule has 4 fully saturated rings. The molecule has 0 amide bonds. The number of esters is 3. The van der Waals surface area contributed by atoms with Gasteiger partial charge in [-0.1, -0.05) is 20.8 Å². The first-order chi connectivity index (χ1) is 17.0. The highest BCUT2D eigenvalue weighted by Crippen LogP contribution is 2.68. The normalized spacial score (nSPS) is 42.3. The molecule has 0 radical (unpaired) electrons. The molecule has 0 aromatic rings. The zero-order chi connectivity index (χ0) is 26.3. The second-order valence-corrected chi connectivity index (χ2v) is 12.9. The van der Waals surface area contributed by atoms with Gasteiger partial charge in [0.1, 0.15) is 12.2 Å². The summed E-state index contributed by atoms with van der Waals surface area (Å²) in [5.74, 6) is 2.68. The Balaban J connectivity index is 1.53. The van der Waals surface area contributed by atoms with E-state index in [1.807, 2.05) is 6.92 Å². The summed E-state index contributed by atoms with van der Waals surface area (Å²) >= 11 is 0. The largest absolute Gasteiger partial charge is 0.466 e. The molecule has 6 heteroatoms. The van der Waals surface area contributed by atoms with Gasteiger partial charge in [-0.3, -0.25) is 14.4 Å². The van der Waals surface area contributed by atoms with Crippen LogP contribution < -0.4 is 0 Å². The van der Waals surface area contributed by atoms with Crippen LogP contribution in [-0.2, 0) is 28.6 Å². The summed E-state index contributed by atoms with van der Waals surface area (Å²) in [4.78, 5) is 35.8. The van der Waals surface area contributed by atoms with Gasteiger partial charge in [-0.25, -0.2) is 0 Å². The first kappa shape index (κ1) is 27.4. The minimum absolute atomic E-state index is 0.0693. The quantitative estimate of drug-likeness (QED) is 0.308. The van der Waals surface area contributed by atoms with Crippen molar-refractivity contribution in [2.45, 2.75) is 118 Å². The molecule has 0 aliphatic heterocycles. The second kappa shape index (κ2) is 10.6. The standard InChI is InChI=1S/C30H48O6/c1-7-34-28(33)11-8-18(2)23-9-10-24-22-17-27(36-20(4)32)26-16-21(35-19(3)31)12-14-30(26,6)25(22)13-15-29(23,24)5/h18,21-27H,7-17H2,1-6H3. The minimum Gasteiger partial charge on any atom is -0.466 e. The maximum Gasteiger partial charge on any atom is 0.305 e. The molecule has 0 saturated heterocycles. The van der Waals surface area contributed by atoms with Gasteiger partial charge in [-0.2, -0.15) is 0 Å². The number of fused-ring (bicyclic) bond motifs is 5. The van der Waals surface area contributed by atoms with Gasteiger partial charge in [0.05, 0.1) is 6.61 Å². The molecular weight excluding hydrogens is 456 g/mol. The lowest BCUT2D eigenvalue weighted by Crippen LogP contribution is -2.59. The highest BCUT2D eigenvalue weighted by molar-refractivity contribution is 5.69. The monoisotopic (exact) mass is 504 g/mol. The Morgan fingerprint density at radius 2 is 1.53 bits per heavy atom. The van der Waals surface area contributed by atoms with Gasteiger partial charge < -0.3 is 14.2 Å². The zero-order valence-electron chi connectivity index (χ0n) is 23.3. The molecule has 0 bridgehead atoms. The van der Waals surface area contributed by atoms with Gasteiger partial charge in [0, 0.05) is 26.2 Å². The van der Waals surface area contributed by atoms with Gasteiger partial charge in [-0.15, -0.1) is 0 Å². The molecule has 36 heavy (non-hydrogen) atoms. The van der Waals surface area contributed by atoms with Crippen molar-refractivity contribution in [2.24, 2.45) is 46.3 Å².